The Morgan fingerprint density at radius 2 is 0.588 bits per heavy atom. The maximum Gasteiger partial charge on any atom is 0.305 e. The van der Waals surface area contributed by atoms with E-state index in [4.69, 9.17) is 4.74 Å². The van der Waals surface area contributed by atoms with Crippen molar-refractivity contribution in [2.45, 2.75) is 437 Å². The largest absolute Gasteiger partial charge is 0.466 e. The summed E-state index contributed by atoms with van der Waals surface area (Å²) in [7, 11) is 0. The number of carbonyl (C=O) groups excluding carboxylic acids is 2. The quantitative estimate of drug-likeness (QED) is 0.0320. The van der Waals surface area contributed by atoms with Crippen molar-refractivity contribution < 1.29 is 24.5 Å². The average Bonchev–Trinajstić information content (AvgIpc) is 3.46. The third-order valence-corrected chi connectivity index (χ3v) is 17.6. The van der Waals surface area contributed by atoms with E-state index in [1.807, 2.05) is 0 Å². The molecule has 0 aliphatic rings. The maximum atomic E-state index is 12.6. The number of hydrogen-bond donors (Lipinski definition) is 3. The second-order valence-corrected chi connectivity index (χ2v) is 25.6. The smallest absolute Gasteiger partial charge is 0.305 e. The fourth-order valence-electron chi connectivity index (χ4n) is 11.9. The molecule has 80 heavy (non-hydrogen) atoms. The number of rotatable bonds is 70. The van der Waals surface area contributed by atoms with Crippen molar-refractivity contribution in [2.24, 2.45) is 0 Å². The highest BCUT2D eigenvalue weighted by molar-refractivity contribution is 5.76. The van der Waals surface area contributed by atoms with Crippen LogP contribution in [0.2, 0.25) is 0 Å². The Morgan fingerprint density at radius 1 is 0.338 bits per heavy atom. The van der Waals surface area contributed by atoms with Gasteiger partial charge in [-0.05, 0) is 51.4 Å². The number of ether oxygens (including phenoxy) is 1. The minimum atomic E-state index is -0.663. The lowest BCUT2D eigenvalue weighted by Crippen LogP contribution is -2.45. The summed E-state index contributed by atoms with van der Waals surface area (Å²) in [6.45, 7) is 5.00. The third-order valence-electron chi connectivity index (χ3n) is 17.6. The van der Waals surface area contributed by atoms with Crippen LogP contribution >= 0.6 is 0 Å². The molecule has 0 saturated carbocycles. The summed E-state index contributed by atoms with van der Waals surface area (Å²) >= 11 is 0. The number of esters is 1. The minimum absolute atomic E-state index is 0.0112. The molecular weight excluding hydrogens is 983 g/mol. The Kier molecular flexibility index (Phi) is 68.9. The normalized spacial score (nSPS) is 12.5. The van der Waals surface area contributed by atoms with E-state index in [0.29, 0.717) is 25.9 Å². The van der Waals surface area contributed by atoms with Gasteiger partial charge in [0.2, 0.25) is 5.91 Å². The topological polar surface area (TPSA) is 95.9 Å². The van der Waals surface area contributed by atoms with Crippen LogP contribution in [0.5, 0.6) is 0 Å². The third kappa shape index (κ3) is 65.7. The molecule has 0 aliphatic heterocycles. The van der Waals surface area contributed by atoms with Gasteiger partial charge >= 0.3 is 5.97 Å². The Hall–Kier alpha value is -1.40. The van der Waals surface area contributed by atoms with Crippen molar-refractivity contribution in [3.05, 3.63) is 12.2 Å². The highest BCUT2D eigenvalue weighted by Gasteiger charge is 2.20. The van der Waals surface area contributed by atoms with Crippen molar-refractivity contribution in [3.63, 3.8) is 0 Å². The van der Waals surface area contributed by atoms with Crippen LogP contribution in [0, 0.1) is 0 Å². The van der Waals surface area contributed by atoms with E-state index >= 15 is 0 Å². The molecule has 476 valence electrons. The predicted molar refractivity (Wildman–Crippen MR) is 352 cm³/mol. The molecule has 3 N–H and O–H groups in total. The van der Waals surface area contributed by atoms with Gasteiger partial charge in [-0.25, -0.2) is 0 Å². The number of unbranched alkanes of at least 4 members (excludes halogenated alkanes) is 57. The minimum Gasteiger partial charge on any atom is -0.466 e. The van der Waals surface area contributed by atoms with E-state index in [1.54, 1.807) is 0 Å². The van der Waals surface area contributed by atoms with Crippen molar-refractivity contribution in [1.82, 2.24) is 5.32 Å². The lowest BCUT2D eigenvalue weighted by Gasteiger charge is -2.22. The van der Waals surface area contributed by atoms with Crippen molar-refractivity contribution in [1.29, 1.82) is 0 Å². The SMILES string of the molecule is CCCCCCCCC/C=C\CCCCCCCC(=O)OCCCCCCCCCCCCCCCCCCCCCCCCCCCCC(=O)NC(CO)C(O)CCCCCCCCCCCCCCCCCCCCCCC. The number of aliphatic hydroxyl groups is 2. The van der Waals surface area contributed by atoms with Crippen LogP contribution < -0.4 is 5.32 Å². The van der Waals surface area contributed by atoms with Gasteiger partial charge in [0.05, 0.1) is 25.4 Å². The van der Waals surface area contributed by atoms with Crippen LogP contribution in [0.4, 0.5) is 0 Å². The first kappa shape index (κ1) is 78.6. The van der Waals surface area contributed by atoms with Gasteiger partial charge in [0.15, 0.2) is 0 Å². The Bertz CT molecular complexity index is 1210. The second kappa shape index (κ2) is 70.1. The van der Waals surface area contributed by atoms with E-state index in [0.717, 1.165) is 44.9 Å². The summed E-state index contributed by atoms with van der Waals surface area (Å²) in [4.78, 5) is 24.6. The van der Waals surface area contributed by atoms with E-state index < -0.39 is 12.1 Å². The highest BCUT2D eigenvalue weighted by atomic mass is 16.5. The Labute approximate surface area is 501 Å². The van der Waals surface area contributed by atoms with Gasteiger partial charge in [-0.3, -0.25) is 9.59 Å². The molecule has 6 nitrogen and oxygen atoms in total. The molecule has 0 spiro atoms. The fraction of sp³-hybridized carbons (Fsp3) is 0.946. The number of aliphatic hydroxyl groups excluding tert-OH is 2. The monoisotopic (exact) mass is 1130 g/mol. The van der Waals surface area contributed by atoms with E-state index in [1.165, 1.54) is 347 Å². The van der Waals surface area contributed by atoms with Crippen LogP contribution in [-0.4, -0.2) is 47.4 Å². The molecule has 1 amide bonds. The summed E-state index contributed by atoms with van der Waals surface area (Å²) in [5.74, 6) is -0.0164. The van der Waals surface area contributed by atoms with Gasteiger partial charge < -0.3 is 20.3 Å². The average molecular weight is 1130 g/mol. The van der Waals surface area contributed by atoms with Crippen molar-refractivity contribution in [2.75, 3.05) is 13.2 Å². The van der Waals surface area contributed by atoms with Crippen LogP contribution in [0.3, 0.4) is 0 Å². The zero-order valence-corrected chi connectivity index (χ0v) is 54.6. The number of nitrogens with one attached hydrogen (secondary N) is 1. The number of amides is 1. The number of allylic oxidation sites excluding steroid dienone is 2. The summed E-state index contributed by atoms with van der Waals surface area (Å²) in [6, 6.07) is -0.540. The molecule has 0 rings (SSSR count). The van der Waals surface area contributed by atoms with Crippen LogP contribution in [0.1, 0.15) is 425 Å². The lowest BCUT2D eigenvalue weighted by atomic mass is 10.0. The summed E-state index contributed by atoms with van der Waals surface area (Å²) in [5, 5.41) is 23.4. The van der Waals surface area contributed by atoms with Crippen molar-refractivity contribution in [3.8, 4) is 0 Å². The molecule has 0 aromatic carbocycles. The number of carbonyl (C=O) groups is 2. The Balaban J connectivity index is 3.35. The highest BCUT2D eigenvalue weighted by Crippen LogP contribution is 2.20. The molecule has 0 saturated heterocycles. The molecule has 6 heteroatoms. The summed E-state index contributed by atoms with van der Waals surface area (Å²) in [6.07, 6.45) is 87.0. The van der Waals surface area contributed by atoms with Gasteiger partial charge in [0.25, 0.3) is 0 Å². The first-order valence-electron chi connectivity index (χ1n) is 36.9. The van der Waals surface area contributed by atoms with Gasteiger partial charge in [0, 0.05) is 12.8 Å². The maximum absolute atomic E-state index is 12.6. The molecular formula is C74H145NO5. The molecule has 2 atom stereocenters. The first-order valence-corrected chi connectivity index (χ1v) is 36.9. The van der Waals surface area contributed by atoms with E-state index in [2.05, 4.69) is 31.3 Å². The van der Waals surface area contributed by atoms with Crippen LogP contribution in [0.25, 0.3) is 0 Å². The molecule has 0 heterocycles. The van der Waals surface area contributed by atoms with E-state index in [-0.39, 0.29) is 18.5 Å². The molecule has 2 unspecified atom stereocenters. The molecule has 0 bridgehead atoms. The van der Waals surface area contributed by atoms with Gasteiger partial charge in [0.1, 0.15) is 0 Å². The van der Waals surface area contributed by atoms with Crippen molar-refractivity contribution >= 4 is 11.9 Å². The summed E-state index contributed by atoms with van der Waals surface area (Å²) < 4.78 is 5.50. The van der Waals surface area contributed by atoms with Gasteiger partial charge in [-0.15, -0.1) is 0 Å². The molecule has 0 fully saturated rings. The standard InChI is InChI=1S/C74H145NO5/c1-3-5-7-9-11-13-15-17-19-21-22-29-32-35-38-42-46-50-54-58-62-66-72(77)71(70-76)75-73(78)67-63-59-55-51-47-43-39-36-33-30-27-25-23-24-26-28-31-34-37-41-45-49-53-57-61-65-69-80-74(79)68-64-60-56-52-48-44-40-20-18-16-14-12-10-8-6-4-2/h20,40,71-72,76-77H,3-19,21-39,41-70H2,1-2H3,(H,75,78)/b40-20-. The van der Waals surface area contributed by atoms with Gasteiger partial charge in [-0.1, -0.05) is 373 Å². The first-order chi connectivity index (χ1) is 39.5. The summed E-state index contributed by atoms with van der Waals surface area (Å²) in [5.41, 5.74) is 0. The fourth-order valence-corrected chi connectivity index (χ4v) is 11.9. The Morgan fingerprint density at radius 3 is 0.887 bits per heavy atom. The number of hydrogen-bond acceptors (Lipinski definition) is 5. The molecule has 0 aliphatic carbocycles. The van der Waals surface area contributed by atoms with Gasteiger partial charge in [-0.2, -0.15) is 0 Å². The predicted octanol–water partition coefficient (Wildman–Crippen LogP) is 23.9. The van der Waals surface area contributed by atoms with E-state index in [9.17, 15) is 19.8 Å². The lowest BCUT2D eigenvalue weighted by molar-refractivity contribution is -0.143. The van der Waals surface area contributed by atoms with Crippen LogP contribution in [0.15, 0.2) is 12.2 Å². The zero-order chi connectivity index (χ0) is 57.8. The molecule has 0 aromatic heterocycles. The zero-order valence-electron chi connectivity index (χ0n) is 54.6. The molecule has 0 aromatic rings. The molecule has 0 radical (unpaired) electrons. The second-order valence-electron chi connectivity index (χ2n) is 25.6. The van der Waals surface area contributed by atoms with Crippen LogP contribution in [-0.2, 0) is 14.3 Å².